The molecule has 0 aromatic carbocycles. The molecule has 1 aliphatic heterocycles. The molecule has 118 valence electrons. The molecule has 0 aliphatic carbocycles. The van der Waals surface area contributed by atoms with E-state index in [1.165, 1.54) is 11.3 Å². The van der Waals surface area contributed by atoms with Crippen LogP contribution in [0.4, 0.5) is 0 Å². The minimum Gasteiger partial charge on any atom is -0.338 e. The first-order valence-corrected chi connectivity index (χ1v) is 8.51. The summed E-state index contributed by atoms with van der Waals surface area (Å²) in [4.78, 5) is 19.3. The Morgan fingerprint density at radius 2 is 2.27 bits per heavy atom. The summed E-state index contributed by atoms with van der Waals surface area (Å²) in [6, 6.07) is 4.32. The second kappa shape index (κ2) is 7.02. The minimum atomic E-state index is 0.174. The van der Waals surface area contributed by atoms with E-state index in [4.69, 9.17) is 0 Å². The quantitative estimate of drug-likeness (QED) is 0.903. The molecule has 1 N–H and O–H groups in total. The van der Waals surface area contributed by atoms with E-state index in [1.54, 1.807) is 6.33 Å². The fourth-order valence-corrected chi connectivity index (χ4v) is 3.47. The molecule has 3 heterocycles. The normalized spacial score (nSPS) is 16.1. The highest BCUT2D eigenvalue weighted by Gasteiger charge is 2.23. The summed E-state index contributed by atoms with van der Waals surface area (Å²) in [6.45, 7) is 2.56. The largest absolute Gasteiger partial charge is 0.338 e. The second-order valence-corrected chi connectivity index (χ2v) is 6.50. The first-order valence-electron chi connectivity index (χ1n) is 7.63. The van der Waals surface area contributed by atoms with Crippen LogP contribution in [0.1, 0.15) is 28.3 Å². The van der Waals surface area contributed by atoms with E-state index in [9.17, 15) is 4.79 Å². The molecule has 0 atom stereocenters. The van der Waals surface area contributed by atoms with E-state index in [1.807, 2.05) is 34.1 Å². The Labute approximate surface area is 134 Å². The van der Waals surface area contributed by atoms with Crippen molar-refractivity contribution in [2.75, 3.05) is 19.6 Å². The number of hydrogen-bond acceptors (Lipinski definition) is 5. The number of aryl methyl sites for hydroxylation is 1. The van der Waals surface area contributed by atoms with Crippen molar-refractivity contribution in [1.29, 1.82) is 0 Å². The van der Waals surface area contributed by atoms with Gasteiger partial charge in [0.25, 0.3) is 5.91 Å². The Morgan fingerprint density at radius 1 is 1.45 bits per heavy atom. The molecule has 0 radical (unpaired) electrons. The smallest absolute Gasteiger partial charge is 0.263 e. The molecule has 1 saturated heterocycles. The number of carbonyl (C=O) groups excluding carboxylic acids is 1. The van der Waals surface area contributed by atoms with Crippen LogP contribution < -0.4 is 5.32 Å². The topological polar surface area (TPSA) is 63.1 Å². The highest BCUT2D eigenvalue weighted by molar-refractivity contribution is 7.12. The number of rotatable bonds is 5. The monoisotopic (exact) mass is 319 g/mol. The molecule has 0 bridgehead atoms. The van der Waals surface area contributed by atoms with Crippen LogP contribution in [0.5, 0.6) is 0 Å². The maximum absolute atomic E-state index is 12.3. The third-order valence-corrected chi connectivity index (χ3v) is 4.96. The standard InChI is InChI=1S/C15H21N5OS/c1-19-14(17-11-18-19)4-7-16-12-5-8-20(9-6-12)15(21)13-3-2-10-22-13/h2-3,10-12,16H,4-9H2,1H3. The van der Waals surface area contributed by atoms with Gasteiger partial charge in [0.05, 0.1) is 4.88 Å². The minimum absolute atomic E-state index is 0.174. The summed E-state index contributed by atoms with van der Waals surface area (Å²) in [5.74, 6) is 1.17. The van der Waals surface area contributed by atoms with E-state index < -0.39 is 0 Å². The van der Waals surface area contributed by atoms with Gasteiger partial charge < -0.3 is 10.2 Å². The number of aromatic nitrogens is 3. The molecule has 0 saturated carbocycles. The van der Waals surface area contributed by atoms with Gasteiger partial charge >= 0.3 is 0 Å². The van der Waals surface area contributed by atoms with Crippen molar-refractivity contribution in [2.45, 2.75) is 25.3 Å². The van der Waals surface area contributed by atoms with Crippen LogP contribution in [0.2, 0.25) is 0 Å². The van der Waals surface area contributed by atoms with Gasteiger partial charge in [-0.1, -0.05) is 6.07 Å². The van der Waals surface area contributed by atoms with Gasteiger partial charge in [-0.25, -0.2) is 4.98 Å². The highest BCUT2D eigenvalue weighted by atomic mass is 32.1. The zero-order chi connectivity index (χ0) is 15.4. The fourth-order valence-electron chi connectivity index (χ4n) is 2.78. The molecular formula is C15H21N5OS. The van der Waals surface area contributed by atoms with Crippen molar-refractivity contribution in [3.63, 3.8) is 0 Å². The Balaban J connectivity index is 1.40. The Kier molecular flexibility index (Phi) is 4.84. The number of nitrogens with one attached hydrogen (secondary N) is 1. The number of piperidine rings is 1. The van der Waals surface area contributed by atoms with Crippen LogP contribution in [0.15, 0.2) is 23.8 Å². The molecule has 1 aliphatic rings. The highest BCUT2D eigenvalue weighted by Crippen LogP contribution is 2.17. The third-order valence-electron chi connectivity index (χ3n) is 4.10. The summed E-state index contributed by atoms with van der Waals surface area (Å²) in [5.41, 5.74) is 0. The van der Waals surface area contributed by atoms with Gasteiger partial charge in [0.2, 0.25) is 0 Å². The van der Waals surface area contributed by atoms with Crippen molar-refractivity contribution in [3.05, 3.63) is 34.5 Å². The van der Waals surface area contributed by atoms with Crippen LogP contribution in [0.25, 0.3) is 0 Å². The molecule has 7 heteroatoms. The van der Waals surface area contributed by atoms with Crippen LogP contribution in [0, 0.1) is 0 Å². The zero-order valence-electron chi connectivity index (χ0n) is 12.7. The number of amides is 1. The van der Waals surface area contributed by atoms with Gasteiger partial charge in [-0.05, 0) is 24.3 Å². The van der Waals surface area contributed by atoms with Crippen molar-refractivity contribution in [1.82, 2.24) is 25.0 Å². The Hall–Kier alpha value is -1.73. The molecule has 1 amide bonds. The zero-order valence-corrected chi connectivity index (χ0v) is 13.6. The SMILES string of the molecule is Cn1ncnc1CCNC1CCN(C(=O)c2cccs2)CC1. The van der Waals surface area contributed by atoms with Crippen molar-refractivity contribution >= 4 is 17.2 Å². The van der Waals surface area contributed by atoms with Gasteiger partial charge in [0, 0.05) is 39.1 Å². The summed E-state index contributed by atoms with van der Waals surface area (Å²) in [5, 5.41) is 9.59. The first-order chi connectivity index (χ1) is 10.7. The molecule has 0 spiro atoms. The second-order valence-electron chi connectivity index (χ2n) is 5.55. The van der Waals surface area contributed by atoms with Gasteiger partial charge in [-0.2, -0.15) is 5.10 Å². The lowest BCUT2D eigenvalue weighted by Gasteiger charge is -2.32. The molecular weight excluding hydrogens is 298 g/mol. The number of thiophene rings is 1. The Morgan fingerprint density at radius 3 is 2.91 bits per heavy atom. The molecule has 6 nitrogen and oxygen atoms in total. The van der Waals surface area contributed by atoms with Crippen molar-refractivity contribution < 1.29 is 4.79 Å². The average Bonchev–Trinajstić information content (AvgIpc) is 3.20. The van der Waals surface area contributed by atoms with E-state index >= 15 is 0 Å². The van der Waals surface area contributed by atoms with Gasteiger partial charge in [0.1, 0.15) is 12.2 Å². The number of nitrogens with zero attached hydrogens (tertiary/aromatic N) is 4. The molecule has 3 rings (SSSR count). The Bertz CT molecular complexity index is 601. The fraction of sp³-hybridized carbons (Fsp3) is 0.533. The van der Waals surface area contributed by atoms with Crippen molar-refractivity contribution in [3.8, 4) is 0 Å². The summed E-state index contributed by atoms with van der Waals surface area (Å²) in [6.07, 6.45) is 4.49. The molecule has 1 fully saturated rings. The lowest BCUT2D eigenvalue weighted by atomic mass is 10.0. The van der Waals surface area contributed by atoms with Crippen LogP contribution >= 0.6 is 11.3 Å². The van der Waals surface area contributed by atoms with Gasteiger partial charge in [0.15, 0.2) is 0 Å². The average molecular weight is 319 g/mol. The third kappa shape index (κ3) is 3.53. The predicted molar refractivity (Wildman–Crippen MR) is 86.0 cm³/mol. The summed E-state index contributed by atoms with van der Waals surface area (Å²) >= 11 is 1.52. The number of carbonyl (C=O) groups is 1. The maximum atomic E-state index is 12.3. The first kappa shape index (κ1) is 15.2. The van der Waals surface area contributed by atoms with Crippen LogP contribution in [-0.4, -0.2) is 51.2 Å². The number of hydrogen-bond donors (Lipinski definition) is 1. The van der Waals surface area contributed by atoms with Crippen LogP contribution in [-0.2, 0) is 13.5 Å². The van der Waals surface area contributed by atoms with Crippen molar-refractivity contribution in [2.24, 2.45) is 7.05 Å². The molecule has 22 heavy (non-hydrogen) atoms. The number of likely N-dealkylation sites (tertiary alicyclic amines) is 1. The lowest BCUT2D eigenvalue weighted by molar-refractivity contribution is 0.0710. The van der Waals surface area contributed by atoms with E-state index in [-0.39, 0.29) is 5.91 Å². The van der Waals surface area contributed by atoms with E-state index in [2.05, 4.69) is 15.4 Å². The van der Waals surface area contributed by atoms with Gasteiger partial charge in [-0.3, -0.25) is 9.48 Å². The van der Waals surface area contributed by atoms with Crippen LogP contribution in [0.3, 0.4) is 0 Å². The maximum Gasteiger partial charge on any atom is 0.263 e. The van der Waals surface area contributed by atoms with E-state index in [0.29, 0.717) is 6.04 Å². The summed E-state index contributed by atoms with van der Waals surface area (Å²) in [7, 11) is 1.91. The molecule has 2 aromatic heterocycles. The lowest BCUT2D eigenvalue weighted by Crippen LogP contribution is -2.45. The molecule has 0 unspecified atom stereocenters. The van der Waals surface area contributed by atoms with Gasteiger partial charge in [-0.15, -0.1) is 11.3 Å². The predicted octanol–water partition coefficient (Wildman–Crippen LogP) is 1.31. The molecule has 2 aromatic rings. The summed E-state index contributed by atoms with van der Waals surface area (Å²) < 4.78 is 1.81. The van der Waals surface area contributed by atoms with E-state index in [0.717, 1.165) is 49.6 Å².